The van der Waals surface area contributed by atoms with Crippen molar-refractivity contribution >= 4 is 0 Å². The van der Waals surface area contributed by atoms with Crippen molar-refractivity contribution in [1.82, 2.24) is 0 Å². The van der Waals surface area contributed by atoms with Crippen LogP contribution in [0.2, 0.25) is 0 Å². The molecule has 0 saturated carbocycles. The largest absolute Gasteiger partial charge is 0.508 e. The number of benzene rings is 2. The summed E-state index contributed by atoms with van der Waals surface area (Å²) in [6.07, 6.45) is 2.28. The summed E-state index contributed by atoms with van der Waals surface area (Å²) in [7, 11) is 0. The first-order valence-electron chi connectivity index (χ1n) is 6.09. The van der Waals surface area contributed by atoms with Crippen molar-refractivity contribution in [3.05, 3.63) is 53.6 Å². The Bertz CT molecular complexity index is 497. The first kappa shape index (κ1) is 11.7. The Kier molecular flexibility index (Phi) is 3.48. The molecule has 0 aliphatic rings. The van der Waals surface area contributed by atoms with Crippen LogP contribution in [-0.2, 0) is 6.42 Å². The van der Waals surface area contributed by atoms with Gasteiger partial charge in [-0.25, -0.2) is 0 Å². The number of hydrogen-bond acceptors (Lipinski definition) is 1. The van der Waals surface area contributed by atoms with Crippen molar-refractivity contribution in [3.8, 4) is 16.9 Å². The van der Waals surface area contributed by atoms with Crippen LogP contribution in [-0.4, -0.2) is 5.11 Å². The van der Waals surface area contributed by atoms with Gasteiger partial charge >= 0.3 is 0 Å². The van der Waals surface area contributed by atoms with E-state index >= 15 is 0 Å². The molecule has 0 saturated heterocycles. The van der Waals surface area contributed by atoms with E-state index in [1.807, 2.05) is 12.1 Å². The molecule has 0 unspecified atom stereocenters. The van der Waals surface area contributed by atoms with Crippen molar-refractivity contribution in [1.29, 1.82) is 0 Å². The highest BCUT2D eigenvalue weighted by Crippen LogP contribution is 2.26. The summed E-state index contributed by atoms with van der Waals surface area (Å²) in [6, 6.07) is 14.0. The molecule has 0 spiro atoms. The Hall–Kier alpha value is -1.76. The van der Waals surface area contributed by atoms with Crippen LogP contribution in [0.15, 0.2) is 42.5 Å². The summed E-state index contributed by atoms with van der Waals surface area (Å²) in [5.74, 6) is 0.316. The summed E-state index contributed by atoms with van der Waals surface area (Å²) >= 11 is 0. The highest BCUT2D eigenvalue weighted by Gasteiger charge is 2.03. The maximum atomic E-state index is 9.31. The molecule has 0 aromatic heterocycles. The summed E-state index contributed by atoms with van der Waals surface area (Å²) in [5, 5.41) is 9.31. The Morgan fingerprint density at radius 1 is 1.00 bits per heavy atom. The molecule has 17 heavy (non-hydrogen) atoms. The maximum Gasteiger partial charge on any atom is 0.115 e. The molecular formula is C16H18O. The number of aromatic hydroxyl groups is 1. The molecule has 2 aromatic rings. The lowest BCUT2D eigenvalue weighted by molar-refractivity contribution is 0.475. The molecule has 88 valence electrons. The fourth-order valence-corrected chi connectivity index (χ4v) is 2.07. The van der Waals surface area contributed by atoms with Gasteiger partial charge in [-0.3, -0.25) is 0 Å². The van der Waals surface area contributed by atoms with Crippen LogP contribution < -0.4 is 0 Å². The molecule has 0 fully saturated rings. The summed E-state index contributed by atoms with van der Waals surface area (Å²) < 4.78 is 0. The standard InChI is InChI=1S/C16H18O/c1-3-4-13-6-5-12(2)16(11-13)14-7-9-15(17)10-8-14/h5-11,17H,3-4H2,1-2H3. The highest BCUT2D eigenvalue weighted by atomic mass is 16.3. The number of hydrogen-bond donors (Lipinski definition) is 1. The van der Waals surface area contributed by atoms with Gasteiger partial charge in [0.25, 0.3) is 0 Å². The molecule has 1 heteroatoms. The van der Waals surface area contributed by atoms with Crippen LogP contribution in [0.25, 0.3) is 11.1 Å². The molecule has 0 bridgehead atoms. The molecule has 0 aliphatic heterocycles. The summed E-state index contributed by atoms with van der Waals surface area (Å²) in [5.41, 5.74) is 5.07. The van der Waals surface area contributed by atoms with E-state index in [0.717, 1.165) is 12.8 Å². The maximum absolute atomic E-state index is 9.31. The van der Waals surface area contributed by atoms with Gasteiger partial charge in [-0.15, -0.1) is 0 Å². The van der Waals surface area contributed by atoms with Gasteiger partial charge in [0.05, 0.1) is 0 Å². The Morgan fingerprint density at radius 3 is 2.35 bits per heavy atom. The third-order valence-corrected chi connectivity index (χ3v) is 3.02. The zero-order chi connectivity index (χ0) is 12.3. The van der Waals surface area contributed by atoms with E-state index in [4.69, 9.17) is 0 Å². The zero-order valence-corrected chi connectivity index (χ0v) is 10.4. The van der Waals surface area contributed by atoms with Crippen LogP contribution in [0, 0.1) is 6.92 Å². The lowest BCUT2D eigenvalue weighted by Gasteiger charge is -2.09. The van der Waals surface area contributed by atoms with Gasteiger partial charge in [0.2, 0.25) is 0 Å². The second-order valence-corrected chi connectivity index (χ2v) is 4.45. The van der Waals surface area contributed by atoms with Gasteiger partial charge in [0.15, 0.2) is 0 Å². The van der Waals surface area contributed by atoms with E-state index in [1.54, 1.807) is 12.1 Å². The van der Waals surface area contributed by atoms with Gasteiger partial charge < -0.3 is 5.11 Å². The van der Waals surface area contributed by atoms with E-state index in [9.17, 15) is 5.11 Å². The van der Waals surface area contributed by atoms with Crippen molar-refractivity contribution in [2.24, 2.45) is 0 Å². The number of rotatable bonds is 3. The predicted octanol–water partition coefficient (Wildman–Crippen LogP) is 4.32. The molecule has 0 amide bonds. The molecule has 0 atom stereocenters. The Morgan fingerprint density at radius 2 is 1.71 bits per heavy atom. The number of phenolic OH excluding ortho intramolecular Hbond substituents is 1. The van der Waals surface area contributed by atoms with Crippen LogP contribution in [0.4, 0.5) is 0 Å². The molecule has 0 radical (unpaired) electrons. The van der Waals surface area contributed by atoms with Gasteiger partial charge in [-0.05, 0) is 47.7 Å². The molecule has 2 aromatic carbocycles. The Balaban J connectivity index is 2.42. The Labute approximate surface area is 103 Å². The normalized spacial score (nSPS) is 10.5. The van der Waals surface area contributed by atoms with E-state index in [-0.39, 0.29) is 0 Å². The van der Waals surface area contributed by atoms with Crippen LogP contribution >= 0.6 is 0 Å². The number of phenols is 1. The average Bonchev–Trinajstić information content (AvgIpc) is 2.33. The first-order valence-corrected chi connectivity index (χ1v) is 6.09. The van der Waals surface area contributed by atoms with Crippen LogP contribution in [0.3, 0.4) is 0 Å². The predicted molar refractivity (Wildman–Crippen MR) is 72.3 cm³/mol. The second-order valence-electron chi connectivity index (χ2n) is 4.45. The number of aryl methyl sites for hydroxylation is 2. The SMILES string of the molecule is CCCc1ccc(C)c(-c2ccc(O)cc2)c1. The van der Waals surface area contributed by atoms with Gasteiger partial charge in [0.1, 0.15) is 5.75 Å². The van der Waals surface area contributed by atoms with E-state index in [0.29, 0.717) is 5.75 Å². The van der Waals surface area contributed by atoms with Crippen LogP contribution in [0.1, 0.15) is 24.5 Å². The topological polar surface area (TPSA) is 20.2 Å². The molecule has 1 N–H and O–H groups in total. The summed E-state index contributed by atoms with van der Waals surface area (Å²) in [4.78, 5) is 0. The van der Waals surface area contributed by atoms with Gasteiger partial charge in [-0.1, -0.05) is 43.7 Å². The first-order chi connectivity index (χ1) is 8.20. The minimum Gasteiger partial charge on any atom is -0.508 e. The summed E-state index contributed by atoms with van der Waals surface area (Å²) in [6.45, 7) is 4.32. The van der Waals surface area contributed by atoms with Crippen molar-refractivity contribution in [3.63, 3.8) is 0 Å². The van der Waals surface area contributed by atoms with Gasteiger partial charge in [0, 0.05) is 0 Å². The molecule has 0 heterocycles. The fourth-order valence-electron chi connectivity index (χ4n) is 2.07. The molecule has 0 aliphatic carbocycles. The van der Waals surface area contributed by atoms with Crippen molar-refractivity contribution in [2.75, 3.05) is 0 Å². The van der Waals surface area contributed by atoms with Crippen molar-refractivity contribution < 1.29 is 5.11 Å². The molecule has 2 rings (SSSR count). The minimum absolute atomic E-state index is 0.316. The van der Waals surface area contributed by atoms with E-state index in [2.05, 4.69) is 32.0 Å². The smallest absolute Gasteiger partial charge is 0.115 e. The second kappa shape index (κ2) is 5.05. The molecular weight excluding hydrogens is 208 g/mol. The monoisotopic (exact) mass is 226 g/mol. The van der Waals surface area contributed by atoms with E-state index < -0.39 is 0 Å². The van der Waals surface area contributed by atoms with Crippen molar-refractivity contribution in [2.45, 2.75) is 26.7 Å². The lowest BCUT2D eigenvalue weighted by atomic mass is 9.96. The average molecular weight is 226 g/mol. The zero-order valence-electron chi connectivity index (χ0n) is 10.4. The highest BCUT2D eigenvalue weighted by molar-refractivity contribution is 5.68. The van der Waals surface area contributed by atoms with Gasteiger partial charge in [-0.2, -0.15) is 0 Å². The van der Waals surface area contributed by atoms with Crippen LogP contribution in [0.5, 0.6) is 5.75 Å². The fraction of sp³-hybridized carbons (Fsp3) is 0.250. The third kappa shape index (κ3) is 2.68. The third-order valence-electron chi connectivity index (χ3n) is 3.02. The quantitative estimate of drug-likeness (QED) is 0.826. The lowest BCUT2D eigenvalue weighted by Crippen LogP contribution is -1.88. The minimum atomic E-state index is 0.316. The van der Waals surface area contributed by atoms with E-state index in [1.165, 1.54) is 22.3 Å². The molecule has 1 nitrogen and oxygen atoms in total.